The zero-order valence-electron chi connectivity index (χ0n) is 5.38. The van der Waals surface area contributed by atoms with E-state index in [0.29, 0.717) is 4.90 Å². The van der Waals surface area contributed by atoms with Crippen LogP contribution in [0.3, 0.4) is 0 Å². The Morgan fingerprint density at radius 1 is 1.55 bits per heavy atom. The van der Waals surface area contributed by atoms with Crippen molar-refractivity contribution < 1.29 is 9.59 Å². The summed E-state index contributed by atoms with van der Waals surface area (Å²) in [6.45, 7) is -0.367. The van der Waals surface area contributed by atoms with Crippen molar-refractivity contribution in [2.45, 2.75) is 0 Å². The molecular formula is C5H4Cl2N2O2. The molecule has 0 N–H and O–H groups in total. The maximum absolute atomic E-state index is 10.7. The largest absolute Gasteiger partial charge is 0.323 e. The number of rotatable bonds is 2. The third kappa shape index (κ3) is 3.21. The maximum Gasteiger partial charge on any atom is 0.323 e. The Balaban J connectivity index is 4.24. The van der Waals surface area contributed by atoms with Crippen LogP contribution in [-0.4, -0.2) is 28.6 Å². The molecule has 11 heavy (non-hydrogen) atoms. The molecule has 0 aliphatic heterocycles. The predicted molar refractivity (Wildman–Crippen MR) is 39.3 cm³/mol. The highest BCUT2D eigenvalue weighted by Crippen LogP contribution is 1.97. The highest BCUT2D eigenvalue weighted by Gasteiger charge is 2.17. The molecular weight excluding hydrogens is 191 g/mol. The minimum absolute atomic E-state index is 0.361. The summed E-state index contributed by atoms with van der Waals surface area (Å²) in [6, 6.07) is 1.61. The van der Waals surface area contributed by atoms with Gasteiger partial charge in [-0.05, 0) is 11.6 Å². The van der Waals surface area contributed by atoms with Crippen LogP contribution >= 0.6 is 23.2 Å². The SMILES string of the molecule is N#CCN(C(=O)Cl)C(=O)CCl. The van der Waals surface area contributed by atoms with Gasteiger partial charge in [-0.15, -0.1) is 11.6 Å². The fourth-order valence-corrected chi connectivity index (χ4v) is 0.690. The minimum atomic E-state index is -0.989. The number of carbonyl (C=O) groups excluding carboxylic acids is 2. The first-order valence-corrected chi connectivity index (χ1v) is 3.47. The van der Waals surface area contributed by atoms with Gasteiger partial charge in [0.2, 0.25) is 5.91 Å². The number of nitriles is 1. The van der Waals surface area contributed by atoms with E-state index in [4.69, 9.17) is 28.5 Å². The summed E-state index contributed by atoms with van der Waals surface area (Å²) in [5, 5.41) is 7.14. The van der Waals surface area contributed by atoms with Crippen molar-refractivity contribution in [1.82, 2.24) is 4.90 Å². The van der Waals surface area contributed by atoms with Crippen molar-refractivity contribution in [2.24, 2.45) is 0 Å². The van der Waals surface area contributed by atoms with Crippen LogP contribution in [-0.2, 0) is 4.79 Å². The molecule has 0 radical (unpaired) electrons. The summed E-state index contributed by atoms with van der Waals surface area (Å²) in [5.41, 5.74) is 0. The van der Waals surface area contributed by atoms with Crippen LogP contribution in [0, 0.1) is 11.3 Å². The van der Waals surface area contributed by atoms with E-state index in [9.17, 15) is 9.59 Å². The van der Waals surface area contributed by atoms with Crippen molar-refractivity contribution in [3.63, 3.8) is 0 Å². The Bertz CT molecular complexity index is 211. The van der Waals surface area contributed by atoms with E-state index < -0.39 is 11.3 Å². The highest BCUT2D eigenvalue weighted by molar-refractivity contribution is 6.64. The number of hydrogen-bond donors (Lipinski definition) is 0. The van der Waals surface area contributed by atoms with Crippen LogP contribution in [0.5, 0.6) is 0 Å². The molecule has 0 bridgehead atoms. The van der Waals surface area contributed by atoms with Gasteiger partial charge >= 0.3 is 5.37 Å². The number of carbonyl (C=O) groups is 2. The Labute approximate surface area is 73.3 Å². The predicted octanol–water partition coefficient (Wildman–Crippen LogP) is 0.936. The molecule has 0 aromatic carbocycles. The lowest BCUT2D eigenvalue weighted by molar-refractivity contribution is -0.124. The molecule has 0 rings (SSSR count). The zero-order valence-corrected chi connectivity index (χ0v) is 6.89. The molecule has 0 saturated heterocycles. The number of nitrogens with zero attached hydrogens (tertiary/aromatic N) is 2. The number of imide groups is 1. The molecule has 0 atom stereocenters. The molecule has 0 spiro atoms. The summed E-state index contributed by atoms with van der Waals surface area (Å²) in [4.78, 5) is 21.6. The molecule has 0 aliphatic carbocycles. The molecule has 0 saturated carbocycles. The fourth-order valence-electron chi connectivity index (χ4n) is 0.391. The zero-order chi connectivity index (χ0) is 8.85. The monoisotopic (exact) mass is 194 g/mol. The van der Waals surface area contributed by atoms with Gasteiger partial charge in [0.15, 0.2) is 0 Å². The van der Waals surface area contributed by atoms with E-state index in [-0.39, 0.29) is 12.4 Å². The minimum Gasteiger partial charge on any atom is -0.273 e. The molecule has 0 aromatic rings. The average molecular weight is 195 g/mol. The van der Waals surface area contributed by atoms with E-state index in [1.807, 2.05) is 0 Å². The van der Waals surface area contributed by atoms with Crippen LogP contribution in [0.4, 0.5) is 4.79 Å². The number of amides is 2. The van der Waals surface area contributed by atoms with Gasteiger partial charge in [0.25, 0.3) is 0 Å². The van der Waals surface area contributed by atoms with Crippen molar-refractivity contribution in [3.05, 3.63) is 0 Å². The molecule has 0 fully saturated rings. The normalized spacial score (nSPS) is 8.45. The molecule has 0 heterocycles. The first-order chi connectivity index (χ1) is 5.13. The summed E-state index contributed by atoms with van der Waals surface area (Å²) in [5.74, 6) is -1.03. The lowest BCUT2D eigenvalue weighted by Gasteiger charge is -2.10. The van der Waals surface area contributed by atoms with Gasteiger partial charge in [-0.2, -0.15) is 5.26 Å². The van der Waals surface area contributed by atoms with Crippen molar-refractivity contribution in [3.8, 4) is 6.07 Å². The van der Waals surface area contributed by atoms with Gasteiger partial charge in [0, 0.05) is 0 Å². The molecule has 6 heteroatoms. The van der Waals surface area contributed by atoms with Crippen molar-refractivity contribution >= 4 is 34.5 Å². The third-order valence-corrected chi connectivity index (χ3v) is 1.29. The summed E-state index contributed by atoms with van der Waals surface area (Å²) >= 11 is 10.1. The summed E-state index contributed by atoms with van der Waals surface area (Å²) < 4.78 is 0. The average Bonchev–Trinajstić information content (AvgIpc) is 1.98. The van der Waals surface area contributed by atoms with Crippen LogP contribution < -0.4 is 0 Å². The molecule has 60 valence electrons. The van der Waals surface area contributed by atoms with E-state index in [2.05, 4.69) is 0 Å². The topological polar surface area (TPSA) is 61.2 Å². The highest BCUT2D eigenvalue weighted by atomic mass is 35.5. The lowest BCUT2D eigenvalue weighted by Crippen LogP contribution is -2.34. The van der Waals surface area contributed by atoms with Gasteiger partial charge in [0.1, 0.15) is 12.4 Å². The van der Waals surface area contributed by atoms with E-state index in [0.717, 1.165) is 0 Å². The molecule has 0 aliphatic rings. The molecule has 2 amide bonds. The van der Waals surface area contributed by atoms with E-state index >= 15 is 0 Å². The first kappa shape index (κ1) is 10.2. The second kappa shape index (κ2) is 4.94. The Morgan fingerprint density at radius 3 is 2.36 bits per heavy atom. The van der Waals surface area contributed by atoms with E-state index in [1.165, 1.54) is 0 Å². The van der Waals surface area contributed by atoms with Crippen LogP contribution in [0.15, 0.2) is 0 Å². The van der Waals surface area contributed by atoms with E-state index in [1.54, 1.807) is 6.07 Å². The molecule has 4 nitrogen and oxygen atoms in total. The van der Waals surface area contributed by atoms with Gasteiger partial charge in [-0.25, -0.2) is 0 Å². The smallest absolute Gasteiger partial charge is 0.273 e. The fraction of sp³-hybridized carbons (Fsp3) is 0.400. The molecule has 0 aromatic heterocycles. The Morgan fingerprint density at radius 2 is 2.09 bits per heavy atom. The quantitative estimate of drug-likeness (QED) is 0.285. The van der Waals surface area contributed by atoms with Gasteiger partial charge in [-0.3, -0.25) is 14.5 Å². The summed E-state index contributed by atoms with van der Waals surface area (Å²) in [7, 11) is 0. The van der Waals surface area contributed by atoms with Crippen LogP contribution in [0.2, 0.25) is 0 Å². The molecule has 0 unspecified atom stereocenters. The second-order valence-corrected chi connectivity index (χ2v) is 2.12. The lowest BCUT2D eigenvalue weighted by atomic mass is 10.5. The standard InChI is InChI=1S/C5H4Cl2N2O2/c6-3-4(10)9(2-1-8)5(7)11/h2-3H2. The number of hydrogen-bond acceptors (Lipinski definition) is 3. The van der Waals surface area contributed by atoms with Gasteiger partial charge < -0.3 is 0 Å². The van der Waals surface area contributed by atoms with Crippen LogP contribution in [0.1, 0.15) is 0 Å². The van der Waals surface area contributed by atoms with Crippen molar-refractivity contribution in [2.75, 3.05) is 12.4 Å². The first-order valence-electron chi connectivity index (χ1n) is 2.56. The second-order valence-electron chi connectivity index (χ2n) is 1.52. The van der Waals surface area contributed by atoms with Gasteiger partial charge in [-0.1, -0.05) is 0 Å². The number of halogens is 2. The maximum atomic E-state index is 10.7. The number of alkyl halides is 1. The van der Waals surface area contributed by atoms with Gasteiger partial charge in [0.05, 0.1) is 6.07 Å². The third-order valence-electron chi connectivity index (χ3n) is 0.856. The Kier molecular flexibility index (Phi) is 4.59. The van der Waals surface area contributed by atoms with Crippen LogP contribution in [0.25, 0.3) is 0 Å². The summed E-state index contributed by atoms with van der Waals surface area (Å²) in [6.07, 6.45) is 0. The Hall–Kier alpha value is -0.790. The van der Waals surface area contributed by atoms with Crippen molar-refractivity contribution in [1.29, 1.82) is 5.26 Å².